The number of benzene rings is 3. The fraction of sp³-hybridized carbons (Fsp3) is 0.259. The van der Waals surface area contributed by atoms with Crippen molar-refractivity contribution in [3.8, 4) is 0 Å². The molecule has 0 saturated heterocycles. The second-order valence-electron chi connectivity index (χ2n) is 8.13. The number of hydrogen-bond acceptors (Lipinski definition) is 3. The third-order valence-electron chi connectivity index (χ3n) is 5.85. The van der Waals surface area contributed by atoms with Gasteiger partial charge in [-0.3, -0.25) is 4.79 Å². The van der Waals surface area contributed by atoms with Crippen molar-refractivity contribution in [3.63, 3.8) is 0 Å². The summed E-state index contributed by atoms with van der Waals surface area (Å²) in [6, 6.07) is 32.9. The van der Waals surface area contributed by atoms with E-state index in [0.29, 0.717) is 5.75 Å². The molecule has 1 atom stereocenters. The molecule has 0 radical (unpaired) electrons. The van der Waals surface area contributed by atoms with E-state index in [1.54, 1.807) is 11.8 Å². The van der Waals surface area contributed by atoms with Gasteiger partial charge in [0.25, 0.3) is 0 Å². The Bertz CT molecular complexity index is 919. The SMILES string of the molecule is CC(=O)NC(CSCCCC[Si](c1ccccc1)(c1ccccc1)c1ccccc1)C(=O)O. The van der Waals surface area contributed by atoms with Gasteiger partial charge in [-0.15, -0.1) is 0 Å². The first-order valence-electron chi connectivity index (χ1n) is 11.3. The number of hydrogen-bond donors (Lipinski definition) is 2. The van der Waals surface area contributed by atoms with Crippen LogP contribution in [0.5, 0.6) is 0 Å². The maximum absolute atomic E-state index is 11.3. The van der Waals surface area contributed by atoms with Gasteiger partial charge in [-0.05, 0) is 33.8 Å². The minimum Gasteiger partial charge on any atom is -0.480 e. The molecule has 1 unspecified atom stereocenters. The number of carbonyl (C=O) groups excluding carboxylic acids is 1. The summed E-state index contributed by atoms with van der Waals surface area (Å²) in [6.07, 6.45) is 2.05. The zero-order valence-electron chi connectivity index (χ0n) is 18.9. The molecule has 3 aromatic rings. The molecule has 0 aliphatic heterocycles. The number of nitrogens with one attached hydrogen (secondary N) is 1. The lowest BCUT2D eigenvalue weighted by Crippen LogP contribution is -2.66. The molecule has 4 nitrogen and oxygen atoms in total. The predicted molar refractivity (Wildman–Crippen MR) is 141 cm³/mol. The van der Waals surface area contributed by atoms with Gasteiger partial charge in [-0.2, -0.15) is 11.8 Å². The molecule has 172 valence electrons. The zero-order chi connectivity index (χ0) is 23.5. The summed E-state index contributed by atoms with van der Waals surface area (Å²) in [6.45, 7) is 1.35. The highest BCUT2D eigenvalue weighted by Crippen LogP contribution is 2.18. The quantitative estimate of drug-likeness (QED) is 0.239. The Hall–Kier alpha value is -2.83. The average molecular weight is 478 g/mol. The number of unbranched alkanes of at least 4 members (excludes halogenated alkanes) is 1. The van der Waals surface area contributed by atoms with E-state index < -0.39 is 20.1 Å². The van der Waals surface area contributed by atoms with Crippen molar-refractivity contribution in [2.24, 2.45) is 0 Å². The third-order valence-corrected chi connectivity index (χ3v) is 12.1. The Morgan fingerprint density at radius 3 is 1.67 bits per heavy atom. The first-order valence-corrected chi connectivity index (χ1v) is 14.6. The number of amides is 1. The monoisotopic (exact) mass is 477 g/mol. The highest BCUT2D eigenvalue weighted by molar-refractivity contribution is 7.99. The van der Waals surface area contributed by atoms with E-state index >= 15 is 0 Å². The summed E-state index contributed by atoms with van der Waals surface area (Å²) in [4.78, 5) is 22.6. The molecule has 2 N–H and O–H groups in total. The van der Waals surface area contributed by atoms with E-state index in [2.05, 4.69) is 96.3 Å². The number of carboxylic acid groups (broad SMARTS) is 1. The highest BCUT2D eigenvalue weighted by atomic mass is 32.2. The Morgan fingerprint density at radius 2 is 1.27 bits per heavy atom. The second-order valence-corrected chi connectivity index (χ2v) is 13.3. The van der Waals surface area contributed by atoms with Crippen LogP contribution in [-0.2, 0) is 9.59 Å². The molecule has 0 spiro atoms. The van der Waals surface area contributed by atoms with E-state index in [1.165, 1.54) is 22.5 Å². The van der Waals surface area contributed by atoms with E-state index in [0.717, 1.165) is 24.6 Å². The van der Waals surface area contributed by atoms with Crippen LogP contribution in [0.3, 0.4) is 0 Å². The lowest BCUT2D eigenvalue weighted by atomic mass is 10.3. The normalized spacial score (nSPS) is 12.2. The second kappa shape index (κ2) is 12.4. The molecular weight excluding hydrogens is 446 g/mol. The first kappa shape index (κ1) is 24.8. The number of carboxylic acids is 1. The van der Waals surface area contributed by atoms with Crippen molar-refractivity contribution in [1.82, 2.24) is 5.32 Å². The van der Waals surface area contributed by atoms with Crippen LogP contribution in [0.2, 0.25) is 6.04 Å². The van der Waals surface area contributed by atoms with E-state index in [9.17, 15) is 14.7 Å². The van der Waals surface area contributed by atoms with Crippen LogP contribution in [-0.4, -0.2) is 42.6 Å². The van der Waals surface area contributed by atoms with E-state index in [-0.39, 0.29) is 5.91 Å². The van der Waals surface area contributed by atoms with Crippen LogP contribution in [0, 0.1) is 0 Å². The molecule has 3 rings (SSSR count). The highest BCUT2D eigenvalue weighted by Gasteiger charge is 2.38. The summed E-state index contributed by atoms with van der Waals surface area (Å²) < 4.78 is 0. The minimum absolute atomic E-state index is 0.313. The van der Waals surface area contributed by atoms with Gasteiger partial charge in [-0.1, -0.05) is 97.4 Å². The first-order chi connectivity index (χ1) is 16.0. The van der Waals surface area contributed by atoms with Crippen LogP contribution in [0.25, 0.3) is 0 Å². The molecule has 1 amide bonds. The Labute approximate surface area is 201 Å². The summed E-state index contributed by atoms with van der Waals surface area (Å²) in [5, 5.41) is 16.0. The lowest BCUT2D eigenvalue weighted by molar-refractivity contribution is -0.140. The molecule has 0 aliphatic carbocycles. The molecule has 0 aromatic heterocycles. The van der Waals surface area contributed by atoms with Gasteiger partial charge in [0, 0.05) is 12.7 Å². The summed E-state index contributed by atoms with van der Waals surface area (Å²) in [5.74, 6) is -0.0477. The van der Waals surface area contributed by atoms with Crippen molar-refractivity contribution in [1.29, 1.82) is 0 Å². The van der Waals surface area contributed by atoms with Crippen molar-refractivity contribution in [3.05, 3.63) is 91.0 Å². The molecule has 0 heterocycles. The predicted octanol–water partition coefficient (Wildman–Crippen LogP) is 3.26. The van der Waals surface area contributed by atoms with Crippen molar-refractivity contribution in [2.45, 2.75) is 31.9 Å². The van der Waals surface area contributed by atoms with Crippen LogP contribution < -0.4 is 20.9 Å². The maximum Gasteiger partial charge on any atom is 0.327 e. The topological polar surface area (TPSA) is 66.4 Å². The summed E-state index contributed by atoms with van der Waals surface area (Å²) >= 11 is 1.59. The van der Waals surface area contributed by atoms with Crippen LogP contribution in [0.1, 0.15) is 19.8 Å². The van der Waals surface area contributed by atoms with Gasteiger partial charge in [0.2, 0.25) is 5.91 Å². The number of thioether (sulfide) groups is 1. The van der Waals surface area contributed by atoms with Crippen LogP contribution in [0.4, 0.5) is 0 Å². The van der Waals surface area contributed by atoms with Gasteiger partial charge < -0.3 is 10.4 Å². The zero-order valence-corrected chi connectivity index (χ0v) is 20.8. The Balaban J connectivity index is 1.76. The number of carbonyl (C=O) groups is 2. The molecule has 0 fully saturated rings. The molecule has 0 aliphatic rings. The Morgan fingerprint density at radius 1 is 0.818 bits per heavy atom. The standard InChI is InChI=1S/C27H31NO3SSi/c1-22(29)28-26(27(30)31)21-32-19-11-12-20-33(23-13-5-2-6-14-23,24-15-7-3-8-16-24)25-17-9-4-10-18-25/h2-10,13-18,26H,11-12,19-21H2,1H3,(H,28,29)(H,30,31). The van der Waals surface area contributed by atoms with E-state index in [4.69, 9.17) is 0 Å². The molecule has 0 bridgehead atoms. The third kappa shape index (κ3) is 6.59. The van der Waals surface area contributed by atoms with Crippen molar-refractivity contribution >= 4 is 47.3 Å². The Kier molecular flexibility index (Phi) is 9.33. The molecule has 33 heavy (non-hydrogen) atoms. The smallest absolute Gasteiger partial charge is 0.327 e. The maximum atomic E-state index is 11.3. The average Bonchev–Trinajstić information content (AvgIpc) is 2.84. The fourth-order valence-corrected chi connectivity index (χ4v) is 10.3. The minimum atomic E-state index is -2.21. The largest absolute Gasteiger partial charge is 0.480 e. The molecule has 6 heteroatoms. The van der Waals surface area contributed by atoms with Gasteiger partial charge in [0.15, 0.2) is 0 Å². The van der Waals surface area contributed by atoms with Gasteiger partial charge in [0.1, 0.15) is 14.1 Å². The summed E-state index contributed by atoms with van der Waals surface area (Å²) in [5.41, 5.74) is 0. The van der Waals surface area contributed by atoms with Crippen molar-refractivity contribution in [2.75, 3.05) is 11.5 Å². The summed E-state index contributed by atoms with van der Waals surface area (Å²) in [7, 11) is -2.21. The van der Waals surface area contributed by atoms with Gasteiger partial charge >= 0.3 is 5.97 Å². The van der Waals surface area contributed by atoms with Crippen LogP contribution in [0.15, 0.2) is 91.0 Å². The van der Waals surface area contributed by atoms with Gasteiger partial charge in [0.05, 0.1) is 0 Å². The molecule has 0 saturated carbocycles. The van der Waals surface area contributed by atoms with Crippen molar-refractivity contribution < 1.29 is 14.7 Å². The lowest BCUT2D eigenvalue weighted by Gasteiger charge is -2.34. The van der Waals surface area contributed by atoms with Gasteiger partial charge in [-0.25, -0.2) is 4.79 Å². The molecular formula is C27H31NO3SSi. The molecule has 3 aromatic carbocycles. The number of aliphatic carboxylic acids is 1. The van der Waals surface area contributed by atoms with Crippen LogP contribution >= 0.6 is 11.8 Å². The number of rotatable bonds is 12. The van der Waals surface area contributed by atoms with E-state index in [1.807, 2.05) is 0 Å². The fourth-order valence-electron chi connectivity index (χ4n) is 4.32.